The lowest BCUT2D eigenvalue weighted by atomic mass is 10.0. The van der Waals surface area contributed by atoms with Crippen LogP contribution in [0.15, 0.2) is 102 Å². The van der Waals surface area contributed by atoms with Crippen molar-refractivity contribution in [1.29, 1.82) is 0 Å². The summed E-state index contributed by atoms with van der Waals surface area (Å²) < 4.78 is 70.6. The zero-order valence-electron chi connectivity index (χ0n) is 26.5. The lowest BCUT2D eigenvalue weighted by molar-refractivity contribution is -0.140. The van der Waals surface area contributed by atoms with Crippen LogP contribution in [0, 0.1) is 0 Å². The first-order valence-electron chi connectivity index (χ1n) is 15.8. The summed E-state index contributed by atoms with van der Waals surface area (Å²) in [6, 6.07) is 21.5. The van der Waals surface area contributed by atoms with Crippen LogP contribution in [0.4, 0.5) is 18.9 Å². The fraction of sp³-hybridized carbons (Fsp3) is 0.278. The molecule has 7 nitrogen and oxygen atoms in total. The maximum Gasteiger partial charge on any atom is 0.416 e. The number of sulfonamides is 1. The minimum atomic E-state index is -4.85. The van der Waals surface area contributed by atoms with Gasteiger partial charge in [0.2, 0.25) is 11.8 Å². The van der Waals surface area contributed by atoms with E-state index in [1.807, 2.05) is 0 Å². The van der Waals surface area contributed by atoms with Crippen molar-refractivity contribution in [3.8, 4) is 0 Å². The van der Waals surface area contributed by atoms with Crippen LogP contribution in [0.25, 0.3) is 0 Å². The predicted molar refractivity (Wildman–Crippen MR) is 189 cm³/mol. The highest BCUT2D eigenvalue weighted by Gasteiger charge is 2.38. The summed E-state index contributed by atoms with van der Waals surface area (Å²) in [5, 5.41) is 3.09. The smallest absolute Gasteiger partial charge is 0.352 e. The number of benzene rings is 4. The fourth-order valence-electron chi connectivity index (χ4n) is 5.89. The van der Waals surface area contributed by atoms with Gasteiger partial charge < -0.3 is 10.2 Å². The third-order valence-corrected chi connectivity index (χ3v) is 11.3. The van der Waals surface area contributed by atoms with E-state index < -0.39 is 51.9 Å². The molecule has 2 amide bonds. The average molecular weight is 767 g/mol. The number of halogens is 6. The maximum atomic E-state index is 14.7. The van der Waals surface area contributed by atoms with Crippen LogP contribution in [0.1, 0.15) is 42.4 Å². The third kappa shape index (κ3) is 8.93. The highest BCUT2D eigenvalue weighted by Crippen LogP contribution is 2.38. The molecular weight excluding hydrogens is 734 g/mol. The van der Waals surface area contributed by atoms with E-state index in [-0.39, 0.29) is 39.0 Å². The monoisotopic (exact) mass is 765 g/mol. The third-order valence-electron chi connectivity index (χ3n) is 8.52. The number of nitrogens with zero attached hydrogens (tertiary/aromatic N) is 2. The SMILES string of the molecule is O=C(NC1CCCC1)[C@H](Cc1ccccc1)N(Cc1c(Cl)cccc1Cl)C(=O)CN(c1cc(C(F)(F)F)ccc1Cl)S(=O)(=O)c1ccccc1. The Morgan fingerprint density at radius 1 is 0.820 bits per heavy atom. The molecule has 50 heavy (non-hydrogen) atoms. The van der Waals surface area contributed by atoms with Crippen molar-refractivity contribution in [3.63, 3.8) is 0 Å². The second kappa shape index (κ2) is 16.1. The van der Waals surface area contributed by atoms with Crippen molar-refractivity contribution in [2.45, 2.75) is 61.8 Å². The molecular formula is C36H33Cl3F3N3O4S. The first-order chi connectivity index (χ1) is 23.8. The van der Waals surface area contributed by atoms with Crippen molar-refractivity contribution in [2.24, 2.45) is 0 Å². The molecule has 1 aliphatic rings. The number of anilines is 1. The zero-order valence-corrected chi connectivity index (χ0v) is 29.6. The van der Waals surface area contributed by atoms with E-state index in [1.54, 1.807) is 54.6 Å². The number of rotatable bonds is 12. The van der Waals surface area contributed by atoms with Gasteiger partial charge in [-0.25, -0.2) is 8.42 Å². The lowest BCUT2D eigenvalue weighted by Crippen LogP contribution is -2.54. The number of amides is 2. The van der Waals surface area contributed by atoms with Crippen LogP contribution in [0.3, 0.4) is 0 Å². The first kappa shape index (κ1) is 37.5. The molecule has 14 heteroatoms. The number of alkyl halides is 3. The Kier molecular flexibility index (Phi) is 12.0. The van der Waals surface area contributed by atoms with Gasteiger partial charge in [0.1, 0.15) is 12.6 Å². The van der Waals surface area contributed by atoms with Crippen LogP contribution in [0.5, 0.6) is 0 Å². The second-order valence-electron chi connectivity index (χ2n) is 11.9. The minimum absolute atomic E-state index is 0.0307. The highest BCUT2D eigenvalue weighted by molar-refractivity contribution is 7.92. The molecule has 1 saturated carbocycles. The van der Waals surface area contributed by atoms with Gasteiger partial charge in [-0.15, -0.1) is 0 Å². The molecule has 0 aromatic heterocycles. The average Bonchev–Trinajstić information content (AvgIpc) is 3.60. The molecule has 5 rings (SSSR count). The summed E-state index contributed by atoms with van der Waals surface area (Å²) >= 11 is 19.5. The standard InChI is InChI=1S/C36H33Cl3F3N3O4S/c37-29-16-9-17-30(38)28(29)22-44(33(20-24-10-3-1-4-11-24)35(47)43-26-12-7-8-13-26)34(46)23-45(50(48,49)27-14-5-2-6-15-27)32-21-25(36(40,41)42)18-19-31(32)39/h1-6,9-11,14-19,21,26,33H,7-8,12-13,20,22-23H2,(H,43,47)/t33-/m0/s1. The molecule has 1 atom stereocenters. The molecule has 264 valence electrons. The van der Waals surface area contributed by atoms with Gasteiger partial charge >= 0.3 is 6.18 Å². The van der Waals surface area contributed by atoms with Gasteiger partial charge in [0, 0.05) is 34.6 Å². The van der Waals surface area contributed by atoms with E-state index >= 15 is 0 Å². The van der Waals surface area contributed by atoms with E-state index in [2.05, 4.69) is 5.32 Å². The van der Waals surface area contributed by atoms with Crippen molar-refractivity contribution < 1.29 is 31.2 Å². The topological polar surface area (TPSA) is 86.8 Å². The molecule has 0 heterocycles. The van der Waals surface area contributed by atoms with Gasteiger partial charge in [-0.3, -0.25) is 13.9 Å². The van der Waals surface area contributed by atoms with Gasteiger partial charge in [0.05, 0.1) is 21.2 Å². The summed E-state index contributed by atoms with van der Waals surface area (Å²) in [6.45, 7) is -1.33. The normalized spacial score (nSPS) is 14.3. The van der Waals surface area contributed by atoms with Crippen molar-refractivity contribution >= 4 is 62.3 Å². The van der Waals surface area contributed by atoms with Crippen LogP contribution in [-0.4, -0.2) is 43.8 Å². The molecule has 0 aliphatic heterocycles. The van der Waals surface area contributed by atoms with E-state index in [9.17, 15) is 31.2 Å². The molecule has 1 aliphatic carbocycles. The van der Waals surface area contributed by atoms with Gasteiger partial charge in [0.25, 0.3) is 10.0 Å². The molecule has 1 fully saturated rings. The summed E-state index contributed by atoms with van der Waals surface area (Å²) in [4.78, 5) is 29.7. The predicted octanol–water partition coefficient (Wildman–Crippen LogP) is 8.56. The van der Waals surface area contributed by atoms with Crippen LogP contribution < -0.4 is 9.62 Å². The van der Waals surface area contributed by atoms with E-state index in [4.69, 9.17) is 34.8 Å². The van der Waals surface area contributed by atoms with Crippen molar-refractivity contribution in [1.82, 2.24) is 10.2 Å². The number of nitrogens with one attached hydrogen (secondary N) is 1. The van der Waals surface area contributed by atoms with E-state index in [0.717, 1.165) is 37.8 Å². The van der Waals surface area contributed by atoms with Gasteiger partial charge in [-0.1, -0.05) is 102 Å². The molecule has 0 spiro atoms. The Morgan fingerprint density at radius 3 is 2.02 bits per heavy atom. The van der Waals surface area contributed by atoms with E-state index in [1.165, 1.54) is 29.2 Å². The van der Waals surface area contributed by atoms with Gasteiger partial charge in [-0.05, 0) is 60.9 Å². The summed E-state index contributed by atoms with van der Waals surface area (Å²) in [7, 11) is -4.70. The zero-order chi connectivity index (χ0) is 36.1. The molecule has 1 N–H and O–H groups in total. The van der Waals surface area contributed by atoms with Gasteiger partial charge in [0.15, 0.2) is 0 Å². The summed E-state index contributed by atoms with van der Waals surface area (Å²) in [5.41, 5.74) is -0.734. The molecule has 0 unspecified atom stereocenters. The Morgan fingerprint density at radius 2 is 1.42 bits per heavy atom. The number of carbonyl (C=O) groups excluding carboxylic acids is 2. The Bertz CT molecular complexity index is 1910. The molecule has 0 bridgehead atoms. The van der Waals surface area contributed by atoms with Crippen LogP contribution >= 0.6 is 34.8 Å². The largest absolute Gasteiger partial charge is 0.416 e. The van der Waals surface area contributed by atoms with Crippen LogP contribution in [-0.2, 0) is 38.8 Å². The molecule has 4 aromatic rings. The number of carbonyl (C=O) groups is 2. The highest BCUT2D eigenvalue weighted by atomic mass is 35.5. The van der Waals surface area contributed by atoms with Crippen molar-refractivity contribution in [3.05, 3.63) is 129 Å². The molecule has 0 radical (unpaired) electrons. The van der Waals surface area contributed by atoms with Gasteiger partial charge in [-0.2, -0.15) is 13.2 Å². The number of hydrogen-bond acceptors (Lipinski definition) is 4. The number of hydrogen-bond donors (Lipinski definition) is 1. The molecule has 4 aromatic carbocycles. The minimum Gasteiger partial charge on any atom is -0.352 e. The quantitative estimate of drug-likeness (QED) is 0.157. The summed E-state index contributed by atoms with van der Waals surface area (Å²) in [5.74, 6) is -1.39. The fourth-order valence-corrected chi connectivity index (χ4v) is 8.12. The lowest BCUT2D eigenvalue weighted by Gasteiger charge is -2.35. The first-order valence-corrected chi connectivity index (χ1v) is 18.3. The van der Waals surface area contributed by atoms with Crippen LogP contribution in [0.2, 0.25) is 15.1 Å². The second-order valence-corrected chi connectivity index (χ2v) is 15.0. The summed E-state index contributed by atoms with van der Waals surface area (Å²) in [6.07, 6.45) is -1.46. The Balaban J connectivity index is 1.64. The Hall–Kier alpha value is -3.77. The molecule has 0 saturated heterocycles. The van der Waals surface area contributed by atoms with E-state index in [0.29, 0.717) is 21.5 Å². The maximum absolute atomic E-state index is 14.7. The Labute approximate surface area is 304 Å². The van der Waals surface area contributed by atoms with Crippen molar-refractivity contribution in [2.75, 3.05) is 10.8 Å².